The number of carbonyl (C=O) groups excluding carboxylic acids is 2. The summed E-state index contributed by atoms with van der Waals surface area (Å²) in [6.07, 6.45) is 4.87. The van der Waals surface area contributed by atoms with Crippen LogP contribution < -0.4 is 29.6 Å². The number of unbranched alkanes of at least 4 members (excludes halogenated alkanes) is 4. The summed E-state index contributed by atoms with van der Waals surface area (Å²) in [6, 6.07) is 11.2. The standard InChI is InChI=1S/C27H38N2O6/c1-20-10-12-22(24(16-20)32-3)34-18-26(30)28-14-8-6-5-7-9-15-29-27(31)19-35-23-13-11-21(2)17-25(23)33-4/h10-13,16-17H,5-9,14-15,18-19H2,1-4H3,(H,28,30)(H,29,31). The van der Waals surface area contributed by atoms with Crippen LogP contribution in [0.2, 0.25) is 0 Å². The summed E-state index contributed by atoms with van der Waals surface area (Å²) >= 11 is 0. The lowest BCUT2D eigenvalue weighted by Gasteiger charge is -2.11. The maximum atomic E-state index is 12.0. The molecule has 8 nitrogen and oxygen atoms in total. The van der Waals surface area contributed by atoms with Gasteiger partial charge in [0.2, 0.25) is 0 Å². The van der Waals surface area contributed by atoms with Crippen LogP contribution in [0.1, 0.15) is 43.2 Å². The monoisotopic (exact) mass is 486 g/mol. The van der Waals surface area contributed by atoms with Crippen molar-refractivity contribution in [2.75, 3.05) is 40.5 Å². The van der Waals surface area contributed by atoms with Crippen molar-refractivity contribution >= 4 is 11.8 Å². The molecule has 2 N–H and O–H groups in total. The van der Waals surface area contributed by atoms with E-state index in [4.69, 9.17) is 18.9 Å². The van der Waals surface area contributed by atoms with Crippen LogP contribution in [0.5, 0.6) is 23.0 Å². The molecule has 192 valence electrons. The van der Waals surface area contributed by atoms with E-state index in [9.17, 15) is 9.59 Å². The number of rotatable bonds is 16. The van der Waals surface area contributed by atoms with Gasteiger partial charge in [0.25, 0.3) is 11.8 Å². The average Bonchev–Trinajstić information content (AvgIpc) is 2.85. The molecule has 0 spiro atoms. The number of nitrogens with one attached hydrogen (secondary N) is 2. The van der Waals surface area contributed by atoms with Gasteiger partial charge in [-0.1, -0.05) is 31.4 Å². The van der Waals surface area contributed by atoms with Gasteiger partial charge in [0, 0.05) is 13.1 Å². The van der Waals surface area contributed by atoms with Crippen LogP contribution in [0.15, 0.2) is 36.4 Å². The van der Waals surface area contributed by atoms with E-state index in [0.717, 1.165) is 43.2 Å². The van der Waals surface area contributed by atoms with Gasteiger partial charge in [-0.2, -0.15) is 0 Å². The van der Waals surface area contributed by atoms with Gasteiger partial charge in [0.15, 0.2) is 36.2 Å². The summed E-state index contributed by atoms with van der Waals surface area (Å²) in [5.74, 6) is 2.05. The van der Waals surface area contributed by atoms with Crippen molar-refractivity contribution in [2.45, 2.75) is 46.0 Å². The first-order valence-electron chi connectivity index (χ1n) is 12.0. The van der Waals surface area contributed by atoms with Gasteiger partial charge in [0.05, 0.1) is 14.2 Å². The van der Waals surface area contributed by atoms with Crippen LogP contribution in [0, 0.1) is 13.8 Å². The first-order chi connectivity index (χ1) is 16.9. The highest BCUT2D eigenvalue weighted by atomic mass is 16.5. The minimum absolute atomic E-state index is 0.0421. The molecule has 0 aliphatic carbocycles. The second-order valence-electron chi connectivity index (χ2n) is 8.35. The first kappa shape index (κ1) is 27.8. The second kappa shape index (κ2) is 15.5. The molecule has 0 atom stereocenters. The summed E-state index contributed by atoms with van der Waals surface area (Å²) in [5.41, 5.74) is 2.13. The van der Waals surface area contributed by atoms with Crippen molar-refractivity contribution in [3.05, 3.63) is 47.5 Å². The lowest BCUT2D eigenvalue weighted by Crippen LogP contribution is -2.30. The highest BCUT2D eigenvalue weighted by molar-refractivity contribution is 5.78. The zero-order chi connectivity index (χ0) is 25.5. The normalized spacial score (nSPS) is 10.4. The number of hydrogen-bond donors (Lipinski definition) is 2. The van der Waals surface area contributed by atoms with Crippen LogP contribution >= 0.6 is 0 Å². The molecule has 8 heteroatoms. The Morgan fingerprint density at radius 3 is 1.43 bits per heavy atom. The maximum absolute atomic E-state index is 12.0. The molecular formula is C27H38N2O6. The Kier molecular flexibility index (Phi) is 12.3. The Labute approximate surface area is 208 Å². The number of methoxy groups -OCH3 is 2. The topological polar surface area (TPSA) is 95.1 Å². The Balaban J connectivity index is 1.46. The zero-order valence-corrected chi connectivity index (χ0v) is 21.3. The van der Waals surface area contributed by atoms with Gasteiger partial charge in [-0.3, -0.25) is 9.59 Å². The quantitative estimate of drug-likeness (QED) is 0.349. The fraction of sp³-hybridized carbons (Fsp3) is 0.481. The number of aryl methyl sites for hydroxylation is 2. The van der Waals surface area contributed by atoms with E-state index in [-0.39, 0.29) is 25.0 Å². The molecule has 0 aliphatic rings. The molecule has 0 unspecified atom stereocenters. The number of hydrogen-bond acceptors (Lipinski definition) is 6. The zero-order valence-electron chi connectivity index (χ0n) is 21.3. The van der Waals surface area contributed by atoms with Gasteiger partial charge in [0.1, 0.15) is 0 Å². The van der Waals surface area contributed by atoms with E-state index in [1.54, 1.807) is 26.4 Å². The molecule has 0 aromatic heterocycles. The predicted octanol–water partition coefficient (Wildman–Crippen LogP) is 3.96. The van der Waals surface area contributed by atoms with Crippen LogP contribution in [0.4, 0.5) is 0 Å². The highest BCUT2D eigenvalue weighted by Gasteiger charge is 2.09. The summed E-state index contributed by atoms with van der Waals surface area (Å²) in [5, 5.41) is 5.75. The summed E-state index contributed by atoms with van der Waals surface area (Å²) < 4.78 is 21.7. The van der Waals surface area contributed by atoms with Crippen LogP contribution in [0.3, 0.4) is 0 Å². The average molecular weight is 487 g/mol. The van der Waals surface area contributed by atoms with Crippen molar-refractivity contribution in [2.24, 2.45) is 0 Å². The molecule has 0 heterocycles. The lowest BCUT2D eigenvalue weighted by molar-refractivity contribution is -0.123. The highest BCUT2D eigenvalue weighted by Crippen LogP contribution is 2.28. The third-order valence-corrected chi connectivity index (χ3v) is 5.35. The van der Waals surface area contributed by atoms with E-state index in [2.05, 4.69) is 10.6 Å². The summed E-state index contributed by atoms with van der Waals surface area (Å²) in [7, 11) is 3.16. The van der Waals surface area contributed by atoms with E-state index < -0.39 is 0 Å². The number of ether oxygens (including phenoxy) is 4. The van der Waals surface area contributed by atoms with E-state index in [0.29, 0.717) is 36.1 Å². The molecule has 0 aliphatic heterocycles. The Morgan fingerprint density at radius 1 is 0.629 bits per heavy atom. The smallest absolute Gasteiger partial charge is 0.257 e. The van der Waals surface area contributed by atoms with Crippen LogP contribution in [-0.4, -0.2) is 52.3 Å². The van der Waals surface area contributed by atoms with E-state index in [1.165, 1.54) is 0 Å². The van der Waals surface area contributed by atoms with Crippen molar-refractivity contribution in [3.63, 3.8) is 0 Å². The minimum atomic E-state index is -0.152. The SMILES string of the molecule is COc1cc(C)ccc1OCC(=O)NCCCCCCCNC(=O)COc1ccc(C)cc1OC. The van der Waals surface area contributed by atoms with Crippen molar-refractivity contribution in [1.29, 1.82) is 0 Å². The minimum Gasteiger partial charge on any atom is -0.493 e. The molecule has 0 radical (unpaired) electrons. The summed E-state index contributed by atoms with van der Waals surface area (Å²) in [6.45, 7) is 5.08. The fourth-order valence-electron chi connectivity index (χ4n) is 3.41. The molecule has 0 bridgehead atoms. The molecular weight excluding hydrogens is 448 g/mol. The van der Waals surface area contributed by atoms with Gasteiger partial charge in [-0.15, -0.1) is 0 Å². The van der Waals surface area contributed by atoms with Gasteiger partial charge in [-0.05, 0) is 62.1 Å². The van der Waals surface area contributed by atoms with E-state index >= 15 is 0 Å². The largest absolute Gasteiger partial charge is 0.493 e. The Hall–Kier alpha value is -3.42. The number of benzene rings is 2. The van der Waals surface area contributed by atoms with E-state index in [1.807, 2.05) is 38.1 Å². The maximum Gasteiger partial charge on any atom is 0.257 e. The lowest BCUT2D eigenvalue weighted by atomic mass is 10.1. The van der Waals surface area contributed by atoms with Gasteiger partial charge < -0.3 is 29.6 Å². The van der Waals surface area contributed by atoms with Crippen molar-refractivity contribution in [1.82, 2.24) is 10.6 Å². The fourth-order valence-corrected chi connectivity index (χ4v) is 3.41. The van der Waals surface area contributed by atoms with Crippen molar-refractivity contribution < 1.29 is 28.5 Å². The predicted molar refractivity (Wildman–Crippen MR) is 136 cm³/mol. The third kappa shape index (κ3) is 10.6. The molecule has 0 saturated carbocycles. The molecule has 35 heavy (non-hydrogen) atoms. The molecule has 2 aromatic carbocycles. The van der Waals surface area contributed by atoms with Gasteiger partial charge in [-0.25, -0.2) is 0 Å². The number of amides is 2. The van der Waals surface area contributed by atoms with Gasteiger partial charge >= 0.3 is 0 Å². The summed E-state index contributed by atoms with van der Waals surface area (Å²) in [4.78, 5) is 24.0. The first-order valence-corrected chi connectivity index (χ1v) is 12.0. The Morgan fingerprint density at radius 2 is 1.03 bits per heavy atom. The molecule has 2 rings (SSSR count). The molecule has 0 saturated heterocycles. The Bertz CT molecular complexity index is 872. The number of carbonyl (C=O) groups is 2. The molecule has 0 fully saturated rings. The molecule has 2 aromatic rings. The third-order valence-electron chi connectivity index (χ3n) is 5.35. The van der Waals surface area contributed by atoms with Crippen LogP contribution in [-0.2, 0) is 9.59 Å². The van der Waals surface area contributed by atoms with Crippen LogP contribution in [0.25, 0.3) is 0 Å². The molecule has 2 amide bonds. The van der Waals surface area contributed by atoms with Crippen molar-refractivity contribution in [3.8, 4) is 23.0 Å². The second-order valence-corrected chi connectivity index (χ2v) is 8.35.